The molecule has 0 saturated heterocycles. The van der Waals surface area contributed by atoms with Gasteiger partial charge in [-0.2, -0.15) is 0 Å². The molecule has 4 nitrogen and oxygen atoms in total. The molecule has 0 saturated carbocycles. The van der Waals surface area contributed by atoms with Crippen molar-refractivity contribution >= 4 is 43.5 Å². The molecule has 0 aliphatic carbocycles. The highest BCUT2D eigenvalue weighted by molar-refractivity contribution is 9.11. The molecule has 0 fully saturated rings. The molecule has 0 aliphatic heterocycles. The number of halogens is 1. The lowest BCUT2D eigenvalue weighted by molar-refractivity contribution is 0.100. The number of nitrogens with zero attached hydrogens (tertiary/aromatic N) is 1. The number of nitrogens with one attached hydrogen (secondary N) is 1. The Balaban J connectivity index is 2.19. The number of aromatic amines is 1. The summed E-state index contributed by atoms with van der Waals surface area (Å²) in [6, 6.07) is 9.17. The molecule has 0 spiro atoms. The van der Waals surface area contributed by atoms with Crippen molar-refractivity contribution in [2.24, 2.45) is 5.73 Å². The molecule has 3 aromatic rings. The number of amides is 1. The van der Waals surface area contributed by atoms with Gasteiger partial charge in [0.05, 0.1) is 0 Å². The van der Waals surface area contributed by atoms with Crippen LogP contribution in [0.3, 0.4) is 0 Å². The minimum Gasteiger partial charge on any atom is -0.366 e. The summed E-state index contributed by atoms with van der Waals surface area (Å²) in [6.07, 6.45) is 0. The van der Waals surface area contributed by atoms with Gasteiger partial charge in [0.1, 0.15) is 10.3 Å². The highest BCUT2D eigenvalue weighted by atomic mass is 79.9. The number of nitrogens with two attached hydrogens (primary N) is 1. The van der Waals surface area contributed by atoms with Gasteiger partial charge in [-0.1, -0.05) is 29.5 Å². The van der Waals surface area contributed by atoms with Gasteiger partial charge >= 0.3 is 0 Å². The van der Waals surface area contributed by atoms with E-state index < -0.39 is 5.91 Å². The minimum absolute atomic E-state index is 0.433. The number of rotatable bonds is 2. The van der Waals surface area contributed by atoms with E-state index in [2.05, 4.69) is 25.9 Å². The maximum Gasteiger partial charge on any atom is 0.249 e. The average molecular weight is 322 g/mol. The summed E-state index contributed by atoms with van der Waals surface area (Å²) in [7, 11) is 0. The van der Waals surface area contributed by atoms with E-state index in [-0.39, 0.29) is 0 Å². The first-order chi connectivity index (χ1) is 8.65. The maximum atomic E-state index is 11.4. The van der Waals surface area contributed by atoms with Crippen LogP contribution in [0.2, 0.25) is 0 Å². The van der Waals surface area contributed by atoms with E-state index in [4.69, 9.17) is 5.73 Å². The third kappa shape index (κ3) is 1.83. The minimum atomic E-state index is -0.433. The monoisotopic (exact) mass is 321 g/mol. The molecular formula is C12H8BrN3OS. The fourth-order valence-corrected chi connectivity index (χ4v) is 3.22. The molecule has 2 aromatic heterocycles. The van der Waals surface area contributed by atoms with Crippen molar-refractivity contribution in [1.29, 1.82) is 0 Å². The van der Waals surface area contributed by atoms with E-state index in [1.807, 2.05) is 18.2 Å². The fourth-order valence-electron chi connectivity index (χ4n) is 1.87. The van der Waals surface area contributed by atoms with Crippen LogP contribution >= 0.6 is 27.3 Å². The first kappa shape index (κ1) is 11.4. The summed E-state index contributed by atoms with van der Waals surface area (Å²) in [5, 5.41) is 0. The van der Waals surface area contributed by atoms with E-state index in [0.717, 1.165) is 25.5 Å². The van der Waals surface area contributed by atoms with Gasteiger partial charge in [-0.15, -0.1) is 0 Å². The molecule has 18 heavy (non-hydrogen) atoms. The van der Waals surface area contributed by atoms with Gasteiger partial charge in [-0.25, -0.2) is 4.98 Å². The number of primary amides is 1. The molecular weight excluding hydrogens is 314 g/mol. The van der Waals surface area contributed by atoms with E-state index >= 15 is 0 Å². The number of H-pyrrole nitrogens is 1. The Morgan fingerprint density at radius 1 is 1.39 bits per heavy atom. The van der Waals surface area contributed by atoms with Crippen LogP contribution in [0.4, 0.5) is 0 Å². The first-order valence-corrected chi connectivity index (χ1v) is 6.80. The van der Waals surface area contributed by atoms with Gasteiger partial charge < -0.3 is 10.7 Å². The number of aromatic nitrogens is 2. The zero-order chi connectivity index (χ0) is 12.7. The number of hydrogen-bond donors (Lipinski definition) is 2. The molecule has 0 atom stereocenters. The molecule has 2 heterocycles. The maximum absolute atomic E-state index is 11.4. The largest absolute Gasteiger partial charge is 0.366 e. The molecule has 3 rings (SSSR count). The summed E-state index contributed by atoms with van der Waals surface area (Å²) < 4.78 is 0.832. The van der Waals surface area contributed by atoms with Gasteiger partial charge in [-0.05, 0) is 28.1 Å². The fraction of sp³-hybridized carbons (Fsp3) is 0. The second-order valence-corrected chi connectivity index (χ2v) is 6.05. The standard InChI is InChI=1S/C12H8BrN3OS/c13-12-16-9-5-8(15-11(9)18-12)6-3-1-2-4-7(6)10(14)17/h1-5,15H,(H2,14,17). The highest BCUT2D eigenvalue weighted by Crippen LogP contribution is 2.31. The summed E-state index contributed by atoms with van der Waals surface area (Å²) in [6.45, 7) is 0. The Morgan fingerprint density at radius 3 is 2.89 bits per heavy atom. The van der Waals surface area contributed by atoms with Crippen molar-refractivity contribution in [2.45, 2.75) is 0 Å². The SMILES string of the molecule is NC(=O)c1ccccc1-c1cc2nc(Br)sc2[nH]1. The second-order valence-electron chi connectivity index (χ2n) is 3.77. The zero-order valence-corrected chi connectivity index (χ0v) is 11.5. The molecule has 6 heteroatoms. The van der Waals surface area contributed by atoms with Gasteiger partial charge in [0.2, 0.25) is 5.91 Å². The number of benzene rings is 1. The molecule has 0 unspecified atom stereocenters. The van der Waals surface area contributed by atoms with Crippen molar-refractivity contribution in [2.75, 3.05) is 0 Å². The van der Waals surface area contributed by atoms with Crippen molar-refractivity contribution in [1.82, 2.24) is 9.97 Å². The van der Waals surface area contributed by atoms with Crippen LogP contribution in [0.25, 0.3) is 21.6 Å². The van der Waals surface area contributed by atoms with E-state index in [0.29, 0.717) is 5.56 Å². The van der Waals surface area contributed by atoms with E-state index in [1.165, 1.54) is 11.3 Å². The van der Waals surface area contributed by atoms with Crippen molar-refractivity contribution < 1.29 is 4.79 Å². The van der Waals surface area contributed by atoms with Gasteiger partial charge in [0.25, 0.3) is 0 Å². The highest BCUT2D eigenvalue weighted by Gasteiger charge is 2.13. The number of hydrogen-bond acceptors (Lipinski definition) is 3. The van der Waals surface area contributed by atoms with Crippen LogP contribution in [-0.4, -0.2) is 15.9 Å². The number of thiazole rings is 1. The molecule has 3 N–H and O–H groups in total. The number of fused-ring (bicyclic) bond motifs is 1. The van der Waals surface area contributed by atoms with Crippen LogP contribution in [0.1, 0.15) is 10.4 Å². The van der Waals surface area contributed by atoms with E-state index in [1.54, 1.807) is 12.1 Å². The van der Waals surface area contributed by atoms with Gasteiger partial charge in [-0.3, -0.25) is 4.79 Å². The van der Waals surface area contributed by atoms with E-state index in [9.17, 15) is 4.79 Å². The quantitative estimate of drug-likeness (QED) is 0.761. The van der Waals surface area contributed by atoms with Gasteiger partial charge in [0, 0.05) is 16.8 Å². The van der Waals surface area contributed by atoms with Crippen molar-refractivity contribution in [3.63, 3.8) is 0 Å². The van der Waals surface area contributed by atoms with Crippen molar-refractivity contribution in [3.8, 4) is 11.3 Å². The Morgan fingerprint density at radius 2 is 2.17 bits per heavy atom. The molecule has 0 bridgehead atoms. The zero-order valence-electron chi connectivity index (χ0n) is 9.11. The summed E-state index contributed by atoms with van der Waals surface area (Å²) >= 11 is 4.85. The third-order valence-corrected chi connectivity index (χ3v) is 4.08. The summed E-state index contributed by atoms with van der Waals surface area (Å²) in [4.78, 5) is 19.9. The Bertz CT molecular complexity index is 715. The number of carbonyl (C=O) groups is 1. The van der Waals surface area contributed by atoms with Gasteiger partial charge in [0.15, 0.2) is 3.92 Å². The molecule has 0 aliphatic rings. The normalized spacial score (nSPS) is 10.9. The van der Waals surface area contributed by atoms with Crippen molar-refractivity contribution in [3.05, 3.63) is 39.8 Å². The topological polar surface area (TPSA) is 71.8 Å². The Labute approximate surface area is 115 Å². The lowest BCUT2D eigenvalue weighted by Crippen LogP contribution is -2.12. The van der Waals surface area contributed by atoms with Crippen LogP contribution in [0.15, 0.2) is 34.2 Å². The average Bonchev–Trinajstić information content (AvgIpc) is 2.85. The smallest absolute Gasteiger partial charge is 0.249 e. The molecule has 1 aromatic carbocycles. The number of carbonyl (C=O) groups excluding carboxylic acids is 1. The molecule has 0 radical (unpaired) electrons. The van der Waals surface area contributed by atoms with Crippen LogP contribution < -0.4 is 5.73 Å². The predicted octanol–water partition coefficient (Wildman–Crippen LogP) is 3.15. The Kier molecular flexibility index (Phi) is 2.68. The lowest BCUT2D eigenvalue weighted by Gasteiger charge is -2.03. The molecule has 90 valence electrons. The van der Waals surface area contributed by atoms with Crippen LogP contribution in [0.5, 0.6) is 0 Å². The second kappa shape index (κ2) is 4.22. The lowest BCUT2D eigenvalue weighted by atomic mass is 10.0. The third-order valence-electron chi connectivity index (χ3n) is 2.64. The van der Waals surface area contributed by atoms with Crippen LogP contribution in [0, 0.1) is 0 Å². The first-order valence-electron chi connectivity index (χ1n) is 5.19. The predicted molar refractivity (Wildman–Crippen MR) is 75.6 cm³/mol. The Hall–Kier alpha value is -1.66. The molecule has 1 amide bonds. The summed E-state index contributed by atoms with van der Waals surface area (Å²) in [5.74, 6) is -0.433. The van der Waals surface area contributed by atoms with Crippen LogP contribution in [-0.2, 0) is 0 Å². The summed E-state index contributed by atoms with van der Waals surface area (Å²) in [5.41, 5.74) is 8.40.